The third-order valence-corrected chi connectivity index (χ3v) is 8.91. The molecular weight excluding hydrogens is 720 g/mol. The van der Waals surface area contributed by atoms with Crippen molar-refractivity contribution in [3.63, 3.8) is 0 Å². The highest BCUT2D eigenvalue weighted by atomic mass is 16.5. The van der Waals surface area contributed by atoms with Gasteiger partial charge in [0, 0.05) is 43.7 Å². The number of nitrogens with zero attached hydrogens (tertiary/aromatic N) is 8. The molecule has 18 nitrogen and oxygen atoms in total. The van der Waals surface area contributed by atoms with Crippen LogP contribution in [0.4, 0.5) is 11.9 Å². The van der Waals surface area contributed by atoms with Gasteiger partial charge in [-0.2, -0.15) is 10.2 Å². The van der Waals surface area contributed by atoms with E-state index in [1.165, 1.54) is 12.1 Å². The van der Waals surface area contributed by atoms with Gasteiger partial charge < -0.3 is 30.1 Å². The molecule has 0 atom stereocenters. The van der Waals surface area contributed by atoms with E-state index in [0.717, 1.165) is 6.29 Å². The summed E-state index contributed by atoms with van der Waals surface area (Å²) in [6, 6.07) is 11.2. The van der Waals surface area contributed by atoms with Gasteiger partial charge >= 0.3 is 0 Å². The zero-order valence-corrected chi connectivity index (χ0v) is 31.4. The first-order valence-electron chi connectivity index (χ1n) is 18.0. The number of rotatable bonds is 17. The van der Waals surface area contributed by atoms with Gasteiger partial charge in [-0.05, 0) is 76.6 Å². The average molecular weight is 763 g/mol. The number of nitrogens with one attached hydrogen (secondary N) is 2. The molecule has 0 aliphatic rings. The number of aryl methyl sites for hydroxylation is 4. The number of benzene rings is 2. The van der Waals surface area contributed by atoms with Crippen LogP contribution in [0.15, 0.2) is 54.6 Å². The molecule has 4 aromatic heterocycles. The quantitative estimate of drug-likeness (QED) is 0.0596. The summed E-state index contributed by atoms with van der Waals surface area (Å²) in [4.78, 5) is 71.7. The Morgan fingerprint density at radius 2 is 1.30 bits per heavy atom. The van der Waals surface area contributed by atoms with E-state index in [0.29, 0.717) is 64.4 Å². The highest BCUT2D eigenvalue weighted by molar-refractivity contribution is 6.05. The van der Waals surface area contributed by atoms with Gasteiger partial charge in [-0.3, -0.25) is 39.2 Å². The van der Waals surface area contributed by atoms with Crippen LogP contribution in [0.3, 0.4) is 0 Å². The molecule has 0 aliphatic heterocycles. The summed E-state index contributed by atoms with van der Waals surface area (Å²) in [5, 5.41) is 14.6. The minimum atomic E-state index is -0.695. The van der Waals surface area contributed by atoms with Crippen LogP contribution in [-0.4, -0.2) is 75.2 Å². The van der Waals surface area contributed by atoms with Crippen LogP contribution >= 0.6 is 0 Å². The smallest absolute Gasteiger partial charge is 0.276 e. The van der Waals surface area contributed by atoms with Crippen LogP contribution in [0.25, 0.3) is 22.1 Å². The Kier molecular flexibility index (Phi) is 11.4. The van der Waals surface area contributed by atoms with E-state index in [1.54, 1.807) is 62.7 Å². The van der Waals surface area contributed by atoms with Crippen molar-refractivity contribution in [2.45, 2.75) is 66.7 Å². The van der Waals surface area contributed by atoms with Crippen LogP contribution in [-0.2, 0) is 31.0 Å². The summed E-state index contributed by atoms with van der Waals surface area (Å²) in [7, 11) is 0. The van der Waals surface area contributed by atoms with Crippen molar-refractivity contribution in [2.75, 3.05) is 17.2 Å². The number of hydrogen-bond donors (Lipinski definition) is 4. The van der Waals surface area contributed by atoms with Gasteiger partial charge in [0.05, 0.1) is 34.5 Å². The third-order valence-electron chi connectivity index (χ3n) is 8.91. The second-order valence-electron chi connectivity index (χ2n) is 12.9. The average Bonchev–Trinajstić information content (AvgIpc) is 3.93. The van der Waals surface area contributed by atoms with Crippen molar-refractivity contribution in [1.82, 2.24) is 38.7 Å². The zero-order chi connectivity index (χ0) is 40.1. The van der Waals surface area contributed by atoms with Crippen molar-refractivity contribution in [3.8, 4) is 5.75 Å². The van der Waals surface area contributed by atoms with Gasteiger partial charge in [0.2, 0.25) is 23.7 Å². The Hall–Kier alpha value is -7.11. The maximum absolute atomic E-state index is 13.6. The first-order chi connectivity index (χ1) is 26.9. The van der Waals surface area contributed by atoms with Gasteiger partial charge in [0.15, 0.2) is 0 Å². The van der Waals surface area contributed by atoms with E-state index < -0.39 is 23.6 Å². The first kappa shape index (κ1) is 38.6. The largest absolute Gasteiger partial charge is 0.491 e. The second-order valence-corrected chi connectivity index (χ2v) is 12.9. The van der Waals surface area contributed by atoms with Gasteiger partial charge in [-0.15, -0.1) is 0 Å². The number of amides is 4. The monoisotopic (exact) mass is 762 g/mol. The maximum Gasteiger partial charge on any atom is 0.276 e. The van der Waals surface area contributed by atoms with Crippen molar-refractivity contribution in [2.24, 2.45) is 11.5 Å². The maximum atomic E-state index is 13.6. The first-order valence-corrected chi connectivity index (χ1v) is 18.0. The fourth-order valence-electron chi connectivity index (χ4n) is 6.30. The molecule has 0 aliphatic carbocycles. The summed E-state index contributed by atoms with van der Waals surface area (Å²) in [6.07, 6.45) is 5.18. The molecular formula is C38H42N12O6. The Balaban J connectivity index is 1.38. The van der Waals surface area contributed by atoms with Crippen molar-refractivity contribution < 1.29 is 28.7 Å². The van der Waals surface area contributed by atoms with E-state index >= 15 is 0 Å². The molecule has 0 bridgehead atoms. The number of anilines is 2. The minimum Gasteiger partial charge on any atom is -0.491 e. The molecule has 56 heavy (non-hydrogen) atoms. The molecule has 0 saturated carbocycles. The predicted molar refractivity (Wildman–Crippen MR) is 208 cm³/mol. The molecule has 0 saturated heterocycles. The number of carbonyl (C=O) groups is 5. The molecule has 6 rings (SSSR count). The number of carbonyl (C=O) groups excluding carboxylic acids is 5. The van der Waals surface area contributed by atoms with Gasteiger partial charge in [0.25, 0.3) is 11.8 Å². The summed E-state index contributed by atoms with van der Waals surface area (Å²) in [6.45, 7) is 8.86. The zero-order valence-electron chi connectivity index (χ0n) is 31.4. The highest BCUT2D eigenvalue weighted by Crippen LogP contribution is 2.32. The van der Waals surface area contributed by atoms with Crippen molar-refractivity contribution in [3.05, 3.63) is 88.5 Å². The highest BCUT2D eigenvalue weighted by Gasteiger charge is 2.22. The molecule has 0 spiro atoms. The van der Waals surface area contributed by atoms with E-state index in [1.807, 2.05) is 26.0 Å². The molecule has 0 fully saturated rings. The van der Waals surface area contributed by atoms with Gasteiger partial charge in [0.1, 0.15) is 28.9 Å². The normalized spacial score (nSPS) is 11.4. The molecule has 6 N–H and O–H groups in total. The lowest BCUT2D eigenvalue weighted by Crippen LogP contribution is -2.20. The minimum absolute atomic E-state index is 0.152. The second kappa shape index (κ2) is 16.5. The summed E-state index contributed by atoms with van der Waals surface area (Å²) >= 11 is 0. The van der Waals surface area contributed by atoms with E-state index in [-0.39, 0.29) is 54.9 Å². The Bertz CT molecular complexity index is 2520. The summed E-state index contributed by atoms with van der Waals surface area (Å²) in [5.74, 6) is -1.49. The molecule has 290 valence electrons. The number of unbranched alkanes of at least 4 members (excludes halogenated alkanes) is 1. The lowest BCUT2D eigenvalue weighted by molar-refractivity contribution is -0.108. The standard InChI is InChI=1S/C38H42N12O6/c1-5-49-29(17-22(3)45-49)35(54)43-37-41-26-19-24(33(39)52)11-12-28(26)47(37)13-7-8-14-48-32-27(20-25(34(40)53)21-31(32)56-16-10-9-15-51)42-38(48)44-36(55)30-18-23(4)46-50(30)6-2/h7-8,11-12,15,17-21H,5-6,9-10,13-14,16H2,1-4H3,(H2,39,52)(H2,40,53)(H,41,43,54)(H,42,44,55)/b8-7+. The lowest BCUT2D eigenvalue weighted by atomic mass is 10.1. The molecule has 0 unspecified atom stereocenters. The van der Waals surface area contributed by atoms with Crippen LogP contribution < -0.4 is 26.8 Å². The topological polar surface area (TPSA) is 242 Å². The van der Waals surface area contributed by atoms with Crippen LogP contribution in [0.1, 0.15) is 79.8 Å². The van der Waals surface area contributed by atoms with Crippen molar-refractivity contribution in [1.29, 1.82) is 0 Å². The Morgan fingerprint density at radius 1 is 0.750 bits per heavy atom. The number of allylic oxidation sites excluding steroid dienone is 2. The number of hydrogen-bond acceptors (Lipinski definition) is 10. The summed E-state index contributed by atoms with van der Waals surface area (Å²) in [5.41, 5.74) is 15.6. The van der Waals surface area contributed by atoms with Gasteiger partial charge in [-0.1, -0.05) is 12.2 Å². The van der Waals surface area contributed by atoms with Crippen LogP contribution in [0.2, 0.25) is 0 Å². The Morgan fingerprint density at radius 3 is 1.88 bits per heavy atom. The molecule has 0 radical (unpaired) electrons. The third kappa shape index (κ3) is 8.03. The van der Waals surface area contributed by atoms with Crippen molar-refractivity contribution >= 4 is 63.9 Å². The van der Waals surface area contributed by atoms with E-state index in [9.17, 15) is 24.0 Å². The number of imidazole rings is 2. The van der Waals surface area contributed by atoms with Gasteiger partial charge in [-0.25, -0.2) is 9.97 Å². The number of ether oxygens (including phenoxy) is 1. The molecule has 6 aromatic rings. The van der Waals surface area contributed by atoms with E-state index in [4.69, 9.17) is 16.2 Å². The molecule has 18 heteroatoms. The molecule has 2 aromatic carbocycles. The SMILES string of the molecule is CCn1nc(C)cc1C(=O)Nc1nc2cc(C(N)=O)ccc2n1C/C=C/Cn1c(NC(=O)c2cc(C)nn2CC)nc2cc(C(N)=O)cc(OCCCC=O)c21. The molecule has 4 heterocycles. The van der Waals surface area contributed by atoms with Crippen LogP contribution in [0, 0.1) is 13.8 Å². The number of aldehydes is 1. The number of primary amides is 2. The Labute approximate surface area is 320 Å². The predicted octanol–water partition coefficient (Wildman–Crippen LogP) is 3.75. The number of aromatic nitrogens is 8. The lowest BCUT2D eigenvalue weighted by Gasteiger charge is -2.13. The molecule has 4 amide bonds. The van der Waals surface area contributed by atoms with E-state index in [2.05, 4.69) is 30.8 Å². The fourth-order valence-corrected chi connectivity index (χ4v) is 6.30. The fraction of sp³-hybridized carbons (Fsp3) is 0.289. The number of nitrogens with two attached hydrogens (primary N) is 2. The van der Waals surface area contributed by atoms with Crippen LogP contribution in [0.5, 0.6) is 5.75 Å². The summed E-state index contributed by atoms with van der Waals surface area (Å²) < 4.78 is 12.8. The number of fused-ring (bicyclic) bond motifs is 2.